The van der Waals surface area contributed by atoms with Crippen molar-refractivity contribution < 1.29 is 0 Å². The van der Waals surface area contributed by atoms with Crippen LogP contribution in [0.4, 0.5) is 0 Å². The van der Waals surface area contributed by atoms with Crippen LogP contribution in [0.25, 0.3) is 0 Å². The highest BCUT2D eigenvalue weighted by atomic mass is 35.5. The van der Waals surface area contributed by atoms with E-state index in [0.29, 0.717) is 5.92 Å². The molecule has 2 aromatic carbocycles. The van der Waals surface area contributed by atoms with Crippen molar-refractivity contribution in [2.24, 2.45) is 5.92 Å². The maximum Gasteiger partial charge on any atom is 0.0945 e. The quantitative estimate of drug-likeness (QED) is 0.468. The number of imidazole rings is 1. The maximum atomic E-state index is 6.32. The van der Waals surface area contributed by atoms with Gasteiger partial charge in [0, 0.05) is 29.0 Å². The van der Waals surface area contributed by atoms with E-state index in [1.807, 2.05) is 43.0 Å². The lowest BCUT2D eigenvalue weighted by molar-refractivity contribution is 0.416. The van der Waals surface area contributed by atoms with Gasteiger partial charge in [0.25, 0.3) is 0 Å². The highest BCUT2D eigenvalue weighted by molar-refractivity contribution is 6.31. The van der Waals surface area contributed by atoms with E-state index >= 15 is 0 Å². The molecule has 0 bridgehead atoms. The first-order valence-electron chi connectivity index (χ1n) is 8.64. The lowest BCUT2D eigenvalue weighted by Gasteiger charge is -2.18. The molecule has 0 saturated carbocycles. The largest absolute Gasteiger partial charge is 0.337 e. The van der Waals surface area contributed by atoms with Gasteiger partial charge in [-0.15, -0.1) is 0 Å². The molecule has 0 aliphatic rings. The first kappa shape index (κ1) is 18.0. The molecular formula is C21H22Cl2N2. The van der Waals surface area contributed by atoms with Gasteiger partial charge in [0.05, 0.1) is 6.33 Å². The molecule has 0 aliphatic heterocycles. The summed E-state index contributed by atoms with van der Waals surface area (Å²) in [7, 11) is 0. The predicted molar refractivity (Wildman–Crippen MR) is 105 cm³/mol. The van der Waals surface area contributed by atoms with Crippen LogP contribution in [-0.2, 0) is 19.4 Å². The van der Waals surface area contributed by atoms with E-state index in [1.165, 1.54) is 11.1 Å². The highest BCUT2D eigenvalue weighted by Crippen LogP contribution is 2.23. The molecule has 4 heteroatoms. The van der Waals surface area contributed by atoms with Gasteiger partial charge in [-0.25, -0.2) is 4.98 Å². The van der Waals surface area contributed by atoms with Crippen molar-refractivity contribution >= 4 is 23.2 Å². The van der Waals surface area contributed by atoms with Gasteiger partial charge < -0.3 is 4.57 Å². The Morgan fingerprint density at radius 1 is 0.960 bits per heavy atom. The van der Waals surface area contributed by atoms with E-state index in [4.69, 9.17) is 23.2 Å². The monoisotopic (exact) mass is 372 g/mol. The lowest BCUT2D eigenvalue weighted by Crippen LogP contribution is -2.10. The number of aryl methyl sites for hydroxylation is 2. The zero-order valence-electron chi connectivity index (χ0n) is 14.1. The Labute approximate surface area is 159 Å². The Bertz CT molecular complexity index is 767. The van der Waals surface area contributed by atoms with Crippen LogP contribution in [0.2, 0.25) is 10.0 Å². The van der Waals surface area contributed by atoms with Crippen molar-refractivity contribution in [1.29, 1.82) is 0 Å². The van der Waals surface area contributed by atoms with E-state index in [-0.39, 0.29) is 0 Å². The average molecular weight is 373 g/mol. The van der Waals surface area contributed by atoms with Crippen LogP contribution < -0.4 is 0 Å². The molecule has 1 heterocycles. The molecule has 0 radical (unpaired) electrons. The smallest absolute Gasteiger partial charge is 0.0945 e. The molecule has 0 amide bonds. The molecule has 3 aromatic rings. The summed E-state index contributed by atoms with van der Waals surface area (Å²) < 4.78 is 2.14. The summed E-state index contributed by atoms with van der Waals surface area (Å²) in [5, 5.41) is 1.65. The van der Waals surface area contributed by atoms with Gasteiger partial charge in [-0.3, -0.25) is 0 Å². The van der Waals surface area contributed by atoms with Crippen molar-refractivity contribution in [3.63, 3.8) is 0 Å². The molecular weight excluding hydrogens is 351 g/mol. The fourth-order valence-corrected chi connectivity index (χ4v) is 3.47. The minimum atomic E-state index is 0.583. The Morgan fingerprint density at radius 2 is 1.76 bits per heavy atom. The van der Waals surface area contributed by atoms with Crippen molar-refractivity contribution in [3.8, 4) is 0 Å². The standard InChI is InChI=1S/C21H22Cl2N2/c22-20-9-6-17(7-10-20)15-18(11-13-25-14-12-24-16-25)5-8-19-3-1-2-4-21(19)23/h1-4,6-7,9-10,12,14,16,18H,5,8,11,13,15H2. The number of halogens is 2. The minimum absolute atomic E-state index is 0.583. The zero-order valence-corrected chi connectivity index (χ0v) is 15.6. The van der Waals surface area contributed by atoms with E-state index in [1.54, 1.807) is 0 Å². The van der Waals surface area contributed by atoms with Crippen LogP contribution in [0.3, 0.4) is 0 Å². The van der Waals surface area contributed by atoms with Crippen LogP contribution in [0, 0.1) is 5.92 Å². The molecule has 2 nitrogen and oxygen atoms in total. The molecule has 0 saturated heterocycles. The van der Waals surface area contributed by atoms with E-state index in [0.717, 1.165) is 42.3 Å². The minimum Gasteiger partial charge on any atom is -0.337 e. The zero-order chi connectivity index (χ0) is 17.5. The predicted octanol–water partition coefficient (Wildman–Crippen LogP) is 6.07. The Kier molecular flexibility index (Phi) is 6.55. The number of aromatic nitrogens is 2. The van der Waals surface area contributed by atoms with Crippen LogP contribution in [0.5, 0.6) is 0 Å². The van der Waals surface area contributed by atoms with Crippen molar-refractivity contribution in [2.75, 3.05) is 0 Å². The molecule has 3 rings (SSSR count). The van der Waals surface area contributed by atoms with Crippen molar-refractivity contribution in [2.45, 2.75) is 32.2 Å². The Hall–Kier alpha value is -1.77. The molecule has 25 heavy (non-hydrogen) atoms. The van der Waals surface area contributed by atoms with E-state index < -0.39 is 0 Å². The molecule has 0 N–H and O–H groups in total. The second-order valence-electron chi connectivity index (χ2n) is 6.42. The highest BCUT2D eigenvalue weighted by Gasteiger charge is 2.12. The molecule has 0 fully saturated rings. The van der Waals surface area contributed by atoms with Crippen LogP contribution in [0.1, 0.15) is 24.0 Å². The fraction of sp³-hybridized carbons (Fsp3) is 0.286. The third kappa shape index (κ3) is 5.62. The summed E-state index contributed by atoms with van der Waals surface area (Å²) in [6.45, 7) is 0.987. The SMILES string of the molecule is Clc1ccc(CC(CCc2ccccc2Cl)CCn2ccnc2)cc1. The molecule has 130 valence electrons. The van der Waals surface area contributed by atoms with Crippen molar-refractivity contribution in [1.82, 2.24) is 9.55 Å². The number of rotatable bonds is 8. The molecule has 0 spiro atoms. The third-order valence-corrected chi connectivity index (χ3v) is 5.19. The fourth-order valence-electron chi connectivity index (χ4n) is 3.11. The summed E-state index contributed by atoms with van der Waals surface area (Å²) in [6.07, 6.45) is 10.0. The number of hydrogen-bond acceptors (Lipinski definition) is 1. The first-order chi connectivity index (χ1) is 12.2. The van der Waals surface area contributed by atoms with Crippen LogP contribution in [0.15, 0.2) is 67.3 Å². The molecule has 1 atom stereocenters. The van der Waals surface area contributed by atoms with Gasteiger partial charge >= 0.3 is 0 Å². The summed E-state index contributed by atoms with van der Waals surface area (Å²) in [5.41, 5.74) is 2.56. The number of benzene rings is 2. The number of nitrogens with zero attached hydrogens (tertiary/aromatic N) is 2. The Morgan fingerprint density at radius 3 is 2.48 bits per heavy atom. The molecule has 1 aromatic heterocycles. The van der Waals surface area contributed by atoms with Gasteiger partial charge in [0.1, 0.15) is 0 Å². The van der Waals surface area contributed by atoms with Gasteiger partial charge in [-0.05, 0) is 60.9 Å². The topological polar surface area (TPSA) is 17.8 Å². The molecule has 1 unspecified atom stereocenters. The Balaban J connectivity index is 1.64. The van der Waals surface area contributed by atoms with Crippen LogP contribution >= 0.6 is 23.2 Å². The molecule has 0 aliphatic carbocycles. The summed E-state index contributed by atoms with van der Waals surface area (Å²) in [4.78, 5) is 4.13. The third-order valence-electron chi connectivity index (χ3n) is 4.57. The summed E-state index contributed by atoms with van der Waals surface area (Å²) >= 11 is 12.3. The van der Waals surface area contributed by atoms with Gasteiger partial charge in [0.15, 0.2) is 0 Å². The summed E-state index contributed by atoms with van der Waals surface area (Å²) in [6, 6.07) is 16.3. The van der Waals surface area contributed by atoms with Gasteiger partial charge in [0.2, 0.25) is 0 Å². The van der Waals surface area contributed by atoms with E-state index in [9.17, 15) is 0 Å². The summed E-state index contributed by atoms with van der Waals surface area (Å²) in [5.74, 6) is 0.583. The average Bonchev–Trinajstić information content (AvgIpc) is 3.14. The normalized spacial score (nSPS) is 12.2. The van der Waals surface area contributed by atoms with Crippen molar-refractivity contribution in [3.05, 3.63) is 88.4 Å². The van der Waals surface area contributed by atoms with Crippen LogP contribution in [-0.4, -0.2) is 9.55 Å². The number of hydrogen-bond donors (Lipinski definition) is 0. The van der Waals surface area contributed by atoms with Gasteiger partial charge in [-0.1, -0.05) is 53.5 Å². The second kappa shape index (κ2) is 9.07. The lowest BCUT2D eigenvalue weighted by atomic mass is 9.90. The van der Waals surface area contributed by atoms with E-state index in [2.05, 4.69) is 33.8 Å². The maximum absolute atomic E-state index is 6.32. The first-order valence-corrected chi connectivity index (χ1v) is 9.40. The van der Waals surface area contributed by atoms with Gasteiger partial charge in [-0.2, -0.15) is 0 Å². The second-order valence-corrected chi connectivity index (χ2v) is 7.26.